The Hall–Kier alpha value is -4.50. The number of amides is 2. The minimum absolute atomic E-state index is 0.0211. The van der Waals surface area contributed by atoms with E-state index >= 15 is 0 Å². The highest BCUT2D eigenvalue weighted by Gasteiger charge is 2.38. The van der Waals surface area contributed by atoms with E-state index in [1.807, 2.05) is 0 Å². The van der Waals surface area contributed by atoms with Crippen LogP contribution in [0, 0.1) is 28.6 Å². The molecule has 190 valence electrons. The maximum absolute atomic E-state index is 13.6. The molecule has 1 saturated carbocycles. The molecule has 0 aromatic heterocycles. The first-order valence-corrected chi connectivity index (χ1v) is 12.2. The van der Waals surface area contributed by atoms with Crippen molar-refractivity contribution in [2.45, 2.75) is 44.1 Å². The summed E-state index contributed by atoms with van der Waals surface area (Å²) in [5.41, 5.74) is 1.48. The monoisotopic (exact) mass is 499 g/mol. The molecule has 9 heteroatoms. The average molecular weight is 500 g/mol. The smallest absolute Gasteiger partial charge is 0.263 e. The van der Waals surface area contributed by atoms with Crippen molar-refractivity contribution in [3.8, 4) is 23.6 Å². The third-order valence-electron chi connectivity index (χ3n) is 6.81. The summed E-state index contributed by atoms with van der Waals surface area (Å²) in [6.45, 7) is 0. The van der Waals surface area contributed by atoms with E-state index in [0.717, 1.165) is 32.1 Å². The van der Waals surface area contributed by atoms with Crippen LogP contribution < -0.4 is 25.4 Å². The molecule has 1 atom stereocenters. The topological polar surface area (TPSA) is 136 Å². The van der Waals surface area contributed by atoms with Crippen molar-refractivity contribution in [3.63, 3.8) is 0 Å². The molecule has 1 aliphatic heterocycles. The zero-order valence-electron chi connectivity index (χ0n) is 20.8. The average Bonchev–Trinajstić information content (AvgIpc) is 3.05. The van der Waals surface area contributed by atoms with E-state index in [0.29, 0.717) is 28.4 Å². The molecule has 2 aromatic carbocycles. The summed E-state index contributed by atoms with van der Waals surface area (Å²) in [7, 11) is 3.00. The number of anilines is 2. The molecule has 2 amide bonds. The molecule has 37 heavy (non-hydrogen) atoms. The molecular formula is C28H29N5O4. The number of methoxy groups -OCH3 is 2. The molecule has 0 radical (unpaired) electrons. The van der Waals surface area contributed by atoms with E-state index in [2.05, 4.69) is 28.1 Å². The van der Waals surface area contributed by atoms with Crippen LogP contribution in [0.5, 0.6) is 11.5 Å². The van der Waals surface area contributed by atoms with E-state index in [-0.39, 0.29) is 17.3 Å². The molecule has 2 aliphatic rings. The number of hydrogen-bond acceptors (Lipinski definition) is 7. The number of nitrogens with one attached hydrogen (secondary N) is 3. The summed E-state index contributed by atoms with van der Waals surface area (Å²) in [5, 5.41) is 29.1. The number of carbonyl (C=O) groups is 2. The number of hydrogen-bond donors (Lipinski definition) is 3. The lowest BCUT2D eigenvalue weighted by molar-refractivity contribution is -0.118. The zero-order valence-corrected chi connectivity index (χ0v) is 20.8. The molecule has 4 rings (SSSR count). The highest BCUT2D eigenvalue weighted by Crippen LogP contribution is 2.41. The van der Waals surface area contributed by atoms with Crippen LogP contribution in [0.4, 0.5) is 11.4 Å². The number of carbonyl (C=O) groups excluding carboxylic acids is 2. The Balaban J connectivity index is 1.94. The molecule has 0 bridgehead atoms. The largest absolute Gasteiger partial charge is 0.497 e. The fourth-order valence-electron chi connectivity index (χ4n) is 4.96. The van der Waals surface area contributed by atoms with Gasteiger partial charge in [-0.05, 0) is 31.0 Å². The van der Waals surface area contributed by atoms with Gasteiger partial charge in [0.25, 0.3) is 11.8 Å². The van der Waals surface area contributed by atoms with Crippen LogP contribution >= 0.6 is 0 Å². The van der Waals surface area contributed by atoms with Gasteiger partial charge in [-0.1, -0.05) is 37.5 Å². The SMILES string of the molecule is COc1ccc(C(C(NC2CCCCC2)=C2C(=O)Nc3ccccc3NC2=O)C(C#N)C#N)c(OC)c1. The predicted octanol–water partition coefficient (Wildman–Crippen LogP) is 4.22. The van der Waals surface area contributed by atoms with Gasteiger partial charge in [0.1, 0.15) is 23.0 Å². The van der Waals surface area contributed by atoms with Crippen molar-refractivity contribution < 1.29 is 19.1 Å². The molecule has 3 N–H and O–H groups in total. The number of allylic oxidation sites excluding steroid dienone is 1. The summed E-state index contributed by atoms with van der Waals surface area (Å²) >= 11 is 0. The Kier molecular flexibility index (Phi) is 7.95. The van der Waals surface area contributed by atoms with Crippen molar-refractivity contribution >= 4 is 23.2 Å². The van der Waals surface area contributed by atoms with Gasteiger partial charge in [0.05, 0.1) is 43.7 Å². The molecule has 1 heterocycles. The number of ether oxygens (including phenoxy) is 2. The first kappa shape index (κ1) is 25.6. The van der Waals surface area contributed by atoms with Gasteiger partial charge in [-0.15, -0.1) is 0 Å². The van der Waals surface area contributed by atoms with Crippen LogP contribution in [-0.2, 0) is 9.59 Å². The summed E-state index contributed by atoms with van der Waals surface area (Å²) in [6.07, 6.45) is 4.79. The molecule has 1 aliphatic carbocycles. The van der Waals surface area contributed by atoms with E-state index < -0.39 is 23.7 Å². The fourth-order valence-corrected chi connectivity index (χ4v) is 4.96. The van der Waals surface area contributed by atoms with Gasteiger partial charge in [0.2, 0.25) is 0 Å². The van der Waals surface area contributed by atoms with E-state index in [1.165, 1.54) is 14.2 Å². The van der Waals surface area contributed by atoms with Crippen LogP contribution in [0.15, 0.2) is 53.7 Å². The quantitative estimate of drug-likeness (QED) is 0.383. The highest BCUT2D eigenvalue weighted by molar-refractivity contribution is 6.29. The number of nitrogens with zero attached hydrogens (tertiary/aromatic N) is 2. The molecule has 0 saturated heterocycles. The van der Waals surface area contributed by atoms with Gasteiger partial charge >= 0.3 is 0 Å². The first-order chi connectivity index (χ1) is 18.0. The Labute approximate surface area is 216 Å². The van der Waals surface area contributed by atoms with E-state index in [9.17, 15) is 20.1 Å². The summed E-state index contributed by atoms with van der Waals surface area (Å²) in [4.78, 5) is 27.1. The minimum Gasteiger partial charge on any atom is -0.497 e. The summed E-state index contributed by atoms with van der Waals surface area (Å²) in [6, 6.07) is 16.1. The zero-order chi connectivity index (χ0) is 26.4. The highest BCUT2D eigenvalue weighted by atomic mass is 16.5. The molecule has 1 unspecified atom stereocenters. The maximum atomic E-state index is 13.6. The standard InChI is InChI=1S/C28H29N5O4/c1-36-19-12-13-20(23(14-19)37-2)24(17(15-29)16-30)26(31-18-8-4-3-5-9-18)25-27(34)32-21-10-6-7-11-22(21)33-28(25)35/h6-7,10-14,17-18,24,31H,3-5,8-9H2,1-2H3,(H,32,34)(H,33,35). The Morgan fingerprint density at radius 3 is 2.11 bits per heavy atom. The molecule has 1 fully saturated rings. The van der Waals surface area contributed by atoms with Crippen LogP contribution in [0.1, 0.15) is 43.6 Å². The number of fused-ring (bicyclic) bond motifs is 1. The van der Waals surface area contributed by atoms with Crippen molar-refractivity contribution in [2.24, 2.45) is 5.92 Å². The van der Waals surface area contributed by atoms with Crippen LogP contribution in [0.3, 0.4) is 0 Å². The van der Waals surface area contributed by atoms with Crippen molar-refractivity contribution in [2.75, 3.05) is 24.9 Å². The Morgan fingerprint density at radius 2 is 1.57 bits per heavy atom. The van der Waals surface area contributed by atoms with Crippen LogP contribution in [0.25, 0.3) is 0 Å². The van der Waals surface area contributed by atoms with Crippen molar-refractivity contribution in [1.29, 1.82) is 10.5 Å². The Bertz CT molecular complexity index is 1250. The van der Waals surface area contributed by atoms with Crippen molar-refractivity contribution in [1.82, 2.24) is 5.32 Å². The normalized spacial score (nSPS) is 16.3. The van der Waals surface area contributed by atoms with Crippen LogP contribution in [0.2, 0.25) is 0 Å². The van der Waals surface area contributed by atoms with E-state index in [4.69, 9.17) is 9.47 Å². The van der Waals surface area contributed by atoms with Gasteiger partial charge in [0.15, 0.2) is 0 Å². The number of para-hydroxylation sites is 2. The van der Waals surface area contributed by atoms with Gasteiger partial charge in [0, 0.05) is 23.4 Å². The number of benzene rings is 2. The maximum Gasteiger partial charge on any atom is 0.263 e. The van der Waals surface area contributed by atoms with Gasteiger partial charge in [-0.2, -0.15) is 10.5 Å². The second kappa shape index (κ2) is 11.5. The molecule has 9 nitrogen and oxygen atoms in total. The van der Waals surface area contributed by atoms with Gasteiger partial charge < -0.3 is 25.4 Å². The second-order valence-corrected chi connectivity index (χ2v) is 9.04. The molecule has 0 spiro atoms. The minimum atomic E-state index is -1.22. The lowest BCUT2D eigenvalue weighted by atomic mass is 9.81. The van der Waals surface area contributed by atoms with Crippen molar-refractivity contribution in [3.05, 3.63) is 59.3 Å². The molecular weight excluding hydrogens is 470 g/mol. The van der Waals surface area contributed by atoms with Gasteiger partial charge in [-0.25, -0.2) is 0 Å². The fraction of sp³-hybridized carbons (Fsp3) is 0.357. The summed E-state index contributed by atoms with van der Waals surface area (Å²) in [5.74, 6) is -2.51. The Morgan fingerprint density at radius 1 is 0.946 bits per heavy atom. The van der Waals surface area contributed by atoms with Gasteiger partial charge in [-0.3, -0.25) is 9.59 Å². The predicted molar refractivity (Wildman–Crippen MR) is 138 cm³/mol. The lowest BCUT2D eigenvalue weighted by Gasteiger charge is -2.32. The van der Waals surface area contributed by atoms with Crippen LogP contribution in [-0.4, -0.2) is 32.1 Å². The third kappa shape index (κ3) is 5.36. The summed E-state index contributed by atoms with van der Waals surface area (Å²) < 4.78 is 10.9. The molecule has 2 aromatic rings. The first-order valence-electron chi connectivity index (χ1n) is 12.2. The second-order valence-electron chi connectivity index (χ2n) is 9.04. The van der Waals surface area contributed by atoms with E-state index in [1.54, 1.807) is 42.5 Å². The third-order valence-corrected chi connectivity index (χ3v) is 6.81. The number of nitriles is 2. The number of rotatable bonds is 7. The lowest BCUT2D eigenvalue weighted by Crippen LogP contribution is -2.38.